The lowest BCUT2D eigenvalue weighted by Gasteiger charge is -2.14. The fourth-order valence-electron chi connectivity index (χ4n) is 2.38. The number of benzene rings is 2. The summed E-state index contributed by atoms with van der Waals surface area (Å²) in [6, 6.07) is 11.9. The van der Waals surface area contributed by atoms with Gasteiger partial charge >= 0.3 is 0 Å². The molecule has 2 aromatic carbocycles. The van der Waals surface area contributed by atoms with Crippen molar-refractivity contribution in [1.82, 2.24) is 14.8 Å². The smallest absolute Gasteiger partial charge is 0.281 e. The molecule has 6 nitrogen and oxygen atoms in total. The van der Waals surface area contributed by atoms with Crippen LogP contribution in [-0.2, 0) is 12.5 Å². The van der Waals surface area contributed by atoms with Crippen molar-refractivity contribution in [2.75, 3.05) is 11.1 Å². The molecular weight excluding hydrogens is 455 g/mol. The SMILES string of the molecule is CCSCn1c(Nc2cc(Cl)cc(Cl)c2)nnc(COc2ccc(Cl)cc2)c1=O. The van der Waals surface area contributed by atoms with E-state index in [0.717, 1.165) is 5.75 Å². The number of thioether (sulfide) groups is 1. The van der Waals surface area contributed by atoms with E-state index >= 15 is 0 Å². The number of anilines is 2. The van der Waals surface area contributed by atoms with E-state index in [2.05, 4.69) is 15.5 Å². The van der Waals surface area contributed by atoms with Crippen LogP contribution in [0.15, 0.2) is 47.3 Å². The molecule has 1 aromatic heterocycles. The number of aromatic nitrogens is 3. The van der Waals surface area contributed by atoms with Crippen LogP contribution < -0.4 is 15.6 Å². The lowest BCUT2D eigenvalue weighted by Crippen LogP contribution is -2.29. The van der Waals surface area contributed by atoms with Gasteiger partial charge in [-0.2, -0.15) is 0 Å². The van der Waals surface area contributed by atoms with Crippen molar-refractivity contribution in [3.63, 3.8) is 0 Å². The molecule has 1 heterocycles. The average molecular weight is 472 g/mol. The average Bonchev–Trinajstić information content (AvgIpc) is 2.67. The molecule has 10 heteroatoms. The summed E-state index contributed by atoms with van der Waals surface area (Å²) in [4.78, 5) is 12.9. The molecule has 0 aliphatic heterocycles. The molecule has 0 spiro atoms. The minimum Gasteiger partial charge on any atom is -0.487 e. The van der Waals surface area contributed by atoms with E-state index in [9.17, 15) is 4.79 Å². The second-order valence-corrected chi connectivity index (χ2v) is 8.40. The largest absolute Gasteiger partial charge is 0.487 e. The second kappa shape index (κ2) is 10.2. The van der Waals surface area contributed by atoms with Crippen molar-refractivity contribution in [2.24, 2.45) is 0 Å². The molecule has 152 valence electrons. The number of nitrogens with one attached hydrogen (secondary N) is 1. The van der Waals surface area contributed by atoms with Crippen molar-refractivity contribution in [2.45, 2.75) is 19.4 Å². The van der Waals surface area contributed by atoms with Gasteiger partial charge in [-0.1, -0.05) is 41.7 Å². The monoisotopic (exact) mass is 470 g/mol. The van der Waals surface area contributed by atoms with E-state index < -0.39 is 0 Å². The van der Waals surface area contributed by atoms with Crippen LogP contribution in [0.4, 0.5) is 11.6 Å². The maximum absolute atomic E-state index is 12.9. The summed E-state index contributed by atoms with van der Waals surface area (Å²) >= 11 is 19.5. The Kier molecular flexibility index (Phi) is 7.66. The van der Waals surface area contributed by atoms with Crippen LogP contribution in [-0.4, -0.2) is 20.5 Å². The number of nitrogens with zero attached hydrogens (tertiary/aromatic N) is 3. The summed E-state index contributed by atoms with van der Waals surface area (Å²) in [6.45, 7) is 2.01. The van der Waals surface area contributed by atoms with Crippen LogP contribution in [0.25, 0.3) is 0 Å². The Balaban J connectivity index is 1.86. The van der Waals surface area contributed by atoms with Crippen LogP contribution in [0.5, 0.6) is 5.75 Å². The maximum atomic E-state index is 12.9. The van der Waals surface area contributed by atoms with Crippen LogP contribution >= 0.6 is 46.6 Å². The minimum atomic E-state index is -0.287. The quantitative estimate of drug-likeness (QED) is 0.459. The molecule has 1 N–H and O–H groups in total. The predicted octanol–water partition coefficient (Wildman–Crippen LogP) is 5.63. The van der Waals surface area contributed by atoms with Gasteiger partial charge in [0.25, 0.3) is 5.56 Å². The molecular formula is C19H17Cl3N4O2S. The highest BCUT2D eigenvalue weighted by Crippen LogP contribution is 2.24. The third-order valence-corrected chi connectivity index (χ3v) is 5.28. The van der Waals surface area contributed by atoms with Crippen molar-refractivity contribution in [1.29, 1.82) is 0 Å². The first kappa shape index (κ1) is 21.8. The van der Waals surface area contributed by atoms with E-state index in [-0.39, 0.29) is 17.9 Å². The first-order valence-corrected chi connectivity index (χ1v) is 10.9. The zero-order valence-corrected chi connectivity index (χ0v) is 18.4. The number of ether oxygens (including phenoxy) is 1. The van der Waals surface area contributed by atoms with Gasteiger partial charge in [0.1, 0.15) is 12.4 Å². The van der Waals surface area contributed by atoms with Crippen LogP contribution in [0.2, 0.25) is 15.1 Å². The molecule has 3 rings (SSSR count). The zero-order valence-electron chi connectivity index (χ0n) is 15.4. The molecule has 0 amide bonds. The zero-order chi connectivity index (χ0) is 20.8. The highest BCUT2D eigenvalue weighted by Gasteiger charge is 2.14. The Labute approximate surface area is 187 Å². The molecule has 0 atom stereocenters. The van der Waals surface area contributed by atoms with Crippen molar-refractivity contribution < 1.29 is 4.74 Å². The minimum absolute atomic E-state index is 0.00642. The van der Waals surface area contributed by atoms with Gasteiger partial charge in [0.15, 0.2) is 5.69 Å². The van der Waals surface area contributed by atoms with E-state index in [1.165, 1.54) is 4.57 Å². The number of rotatable bonds is 8. The van der Waals surface area contributed by atoms with E-state index in [1.54, 1.807) is 54.2 Å². The first-order valence-electron chi connectivity index (χ1n) is 8.62. The highest BCUT2D eigenvalue weighted by molar-refractivity contribution is 7.98. The van der Waals surface area contributed by atoms with Gasteiger partial charge in [-0.25, -0.2) is 0 Å². The molecule has 3 aromatic rings. The topological polar surface area (TPSA) is 69.0 Å². The fraction of sp³-hybridized carbons (Fsp3) is 0.211. The van der Waals surface area contributed by atoms with E-state index in [4.69, 9.17) is 39.5 Å². The molecule has 0 bridgehead atoms. The lowest BCUT2D eigenvalue weighted by atomic mass is 10.3. The summed E-state index contributed by atoms with van der Waals surface area (Å²) in [7, 11) is 0. The molecule has 0 unspecified atom stereocenters. The van der Waals surface area contributed by atoms with Gasteiger partial charge in [-0.15, -0.1) is 22.0 Å². The van der Waals surface area contributed by atoms with Gasteiger partial charge in [0, 0.05) is 20.8 Å². The normalized spacial score (nSPS) is 10.8. The summed E-state index contributed by atoms with van der Waals surface area (Å²) < 4.78 is 7.15. The summed E-state index contributed by atoms with van der Waals surface area (Å²) in [5.74, 6) is 2.13. The van der Waals surface area contributed by atoms with Gasteiger partial charge < -0.3 is 10.1 Å². The molecule has 0 aliphatic carbocycles. The number of hydrogen-bond donors (Lipinski definition) is 1. The predicted molar refractivity (Wildman–Crippen MR) is 120 cm³/mol. The third kappa shape index (κ3) is 6.02. The lowest BCUT2D eigenvalue weighted by molar-refractivity contribution is 0.296. The van der Waals surface area contributed by atoms with Crippen molar-refractivity contribution >= 4 is 58.2 Å². The molecule has 0 saturated carbocycles. The summed E-state index contributed by atoms with van der Waals surface area (Å²) in [5, 5.41) is 12.8. The van der Waals surface area contributed by atoms with E-state index in [1.807, 2.05) is 6.92 Å². The van der Waals surface area contributed by atoms with E-state index in [0.29, 0.717) is 38.3 Å². The molecule has 29 heavy (non-hydrogen) atoms. The van der Waals surface area contributed by atoms with Gasteiger partial charge in [0.05, 0.1) is 5.88 Å². The Morgan fingerprint density at radius 1 is 1.03 bits per heavy atom. The number of halogens is 3. The standard InChI is InChI=1S/C19H17Cl3N4O2S/c1-2-29-11-26-18(27)17(10-28-16-5-3-12(20)4-6-16)24-25-19(26)23-15-8-13(21)7-14(22)9-15/h3-9H,2,10-11H2,1H3,(H,23,25). The summed E-state index contributed by atoms with van der Waals surface area (Å²) in [5.41, 5.74) is 0.522. The molecule has 0 radical (unpaired) electrons. The van der Waals surface area contributed by atoms with Crippen LogP contribution in [0, 0.1) is 0 Å². The third-order valence-electron chi connectivity index (χ3n) is 3.75. The second-order valence-electron chi connectivity index (χ2n) is 5.85. The molecule has 0 saturated heterocycles. The first-order chi connectivity index (χ1) is 14.0. The van der Waals surface area contributed by atoms with Gasteiger partial charge in [-0.3, -0.25) is 9.36 Å². The highest BCUT2D eigenvalue weighted by atomic mass is 35.5. The van der Waals surface area contributed by atoms with Gasteiger partial charge in [-0.05, 0) is 48.2 Å². The van der Waals surface area contributed by atoms with Crippen LogP contribution in [0.3, 0.4) is 0 Å². The maximum Gasteiger partial charge on any atom is 0.281 e. The van der Waals surface area contributed by atoms with Crippen LogP contribution in [0.1, 0.15) is 12.6 Å². The number of hydrogen-bond acceptors (Lipinski definition) is 6. The Morgan fingerprint density at radius 3 is 2.38 bits per heavy atom. The van der Waals surface area contributed by atoms with Gasteiger partial charge in [0.2, 0.25) is 5.95 Å². The molecule has 0 fully saturated rings. The fourth-order valence-corrected chi connectivity index (χ4v) is 3.64. The van der Waals surface area contributed by atoms with Crippen molar-refractivity contribution in [3.05, 3.63) is 73.6 Å². The Morgan fingerprint density at radius 2 is 1.72 bits per heavy atom. The Hall–Kier alpha value is -1.93. The van der Waals surface area contributed by atoms with Crippen molar-refractivity contribution in [3.8, 4) is 5.75 Å². The Bertz CT molecular complexity index is 1020. The molecule has 0 aliphatic rings. The summed E-state index contributed by atoms with van der Waals surface area (Å²) in [6.07, 6.45) is 0.